The minimum absolute atomic E-state index is 0.885. The van der Waals surface area contributed by atoms with Crippen molar-refractivity contribution in [3.63, 3.8) is 0 Å². The lowest BCUT2D eigenvalue weighted by molar-refractivity contribution is 0.658. The van der Waals surface area contributed by atoms with Crippen molar-refractivity contribution in [1.82, 2.24) is 4.40 Å². The molecule has 0 aliphatic heterocycles. The molecule has 7 aromatic rings. The molecule has 2 nitrogen and oxygen atoms in total. The Morgan fingerprint density at radius 1 is 0.486 bits per heavy atom. The van der Waals surface area contributed by atoms with Gasteiger partial charge in [0.05, 0.1) is 22.5 Å². The van der Waals surface area contributed by atoms with E-state index < -0.39 is 0 Å². The summed E-state index contributed by atoms with van der Waals surface area (Å²) in [7, 11) is 0. The van der Waals surface area contributed by atoms with Crippen LogP contribution in [-0.2, 0) is 0 Å². The quantitative estimate of drug-likeness (QED) is 0.247. The Bertz CT molecular complexity index is 1730. The standard InChI is InChI=1S/C33H22NO/c1-3-11-23(12-4-1)31(24-13-5-2-6-14-24)25-19-21-26(22-20-25)32-27-15-7-8-16-28(27)34-29-17-9-10-18-30(29)35-33(32)34/h1-22H. The lowest BCUT2D eigenvalue weighted by Crippen LogP contribution is -2.04. The van der Waals surface area contributed by atoms with Crippen molar-refractivity contribution in [2.24, 2.45) is 0 Å². The predicted octanol–water partition coefficient (Wildman–Crippen LogP) is 8.52. The van der Waals surface area contributed by atoms with Crippen molar-refractivity contribution in [2.45, 2.75) is 0 Å². The van der Waals surface area contributed by atoms with Gasteiger partial charge in [0.2, 0.25) is 5.71 Å². The Balaban J connectivity index is 1.41. The fourth-order valence-electron chi connectivity index (χ4n) is 5.18. The summed E-state index contributed by atoms with van der Waals surface area (Å²) >= 11 is 0. The van der Waals surface area contributed by atoms with Gasteiger partial charge in [-0.15, -0.1) is 0 Å². The van der Waals surface area contributed by atoms with Crippen molar-refractivity contribution in [3.05, 3.63) is 156 Å². The fourth-order valence-corrected chi connectivity index (χ4v) is 5.18. The Labute approximate surface area is 203 Å². The third-order valence-electron chi connectivity index (χ3n) is 6.73. The average Bonchev–Trinajstić information content (AvgIpc) is 3.45. The Hall–Kier alpha value is -4.56. The predicted molar refractivity (Wildman–Crippen MR) is 144 cm³/mol. The molecule has 0 spiro atoms. The highest BCUT2D eigenvalue weighted by Crippen LogP contribution is 2.40. The van der Waals surface area contributed by atoms with Crippen molar-refractivity contribution < 1.29 is 4.42 Å². The van der Waals surface area contributed by atoms with Crippen molar-refractivity contribution in [3.8, 4) is 11.1 Å². The number of rotatable bonds is 4. The van der Waals surface area contributed by atoms with E-state index in [0.29, 0.717) is 0 Å². The molecular weight excluding hydrogens is 426 g/mol. The molecule has 2 heterocycles. The van der Waals surface area contributed by atoms with Crippen LogP contribution in [0.3, 0.4) is 0 Å². The van der Waals surface area contributed by atoms with Crippen LogP contribution in [0.1, 0.15) is 16.7 Å². The van der Waals surface area contributed by atoms with Crippen LogP contribution in [0.5, 0.6) is 0 Å². The van der Waals surface area contributed by atoms with Gasteiger partial charge in [-0.1, -0.05) is 115 Å². The highest BCUT2D eigenvalue weighted by atomic mass is 16.3. The molecule has 35 heavy (non-hydrogen) atoms. The normalized spacial score (nSPS) is 11.7. The van der Waals surface area contributed by atoms with Crippen LogP contribution in [0.15, 0.2) is 138 Å². The molecule has 1 radical (unpaired) electrons. The van der Waals surface area contributed by atoms with Gasteiger partial charge in [-0.25, -0.2) is 0 Å². The molecule has 0 saturated carbocycles. The lowest BCUT2D eigenvalue weighted by atomic mass is 9.84. The third-order valence-corrected chi connectivity index (χ3v) is 6.73. The molecule has 0 aliphatic rings. The van der Waals surface area contributed by atoms with E-state index in [0.717, 1.165) is 33.5 Å². The highest BCUT2D eigenvalue weighted by Gasteiger charge is 2.21. The van der Waals surface area contributed by atoms with E-state index in [1.807, 2.05) is 12.1 Å². The molecule has 0 saturated heterocycles. The van der Waals surface area contributed by atoms with Crippen LogP contribution in [0.4, 0.5) is 0 Å². The van der Waals surface area contributed by atoms with Gasteiger partial charge in [-0.05, 0) is 40.5 Å². The second kappa shape index (κ2) is 8.03. The van der Waals surface area contributed by atoms with Gasteiger partial charge in [0.15, 0.2) is 5.58 Å². The Morgan fingerprint density at radius 2 is 1.03 bits per heavy atom. The van der Waals surface area contributed by atoms with E-state index in [1.165, 1.54) is 28.0 Å². The summed E-state index contributed by atoms with van der Waals surface area (Å²) in [6.07, 6.45) is 0. The first-order valence-electron chi connectivity index (χ1n) is 11.9. The third kappa shape index (κ3) is 3.18. The number of fused-ring (bicyclic) bond motifs is 5. The van der Waals surface area contributed by atoms with Crippen molar-refractivity contribution in [1.29, 1.82) is 0 Å². The molecule has 2 aromatic heterocycles. The molecule has 7 rings (SSSR count). The highest BCUT2D eigenvalue weighted by molar-refractivity contribution is 6.06. The van der Waals surface area contributed by atoms with E-state index in [9.17, 15) is 0 Å². The minimum Gasteiger partial charge on any atom is -0.438 e. The zero-order valence-corrected chi connectivity index (χ0v) is 19.1. The zero-order chi connectivity index (χ0) is 23.2. The summed E-state index contributed by atoms with van der Waals surface area (Å²) in [4.78, 5) is 0. The Kier molecular flexibility index (Phi) is 4.56. The number of oxazole rings is 1. The smallest absolute Gasteiger partial charge is 0.213 e. The van der Waals surface area contributed by atoms with Crippen LogP contribution in [0.25, 0.3) is 38.8 Å². The molecular formula is C33H22NO. The van der Waals surface area contributed by atoms with Gasteiger partial charge >= 0.3 is 0 Å². The SMILES string of the molecule is c1ccc([C](c2ccccc2)c2ccc(-c3c4ccccc4n4c3oc3ccccc34)cc2)cc1. The first kappa shape index (κ1) is 19.9. The van der Waals surface area contributed by atoms with E-state index in [1.54, 1.807) is 0 Å². The number of para-hydroxylation sites is 3. The topological polar surface area (TPSA) is 17.6 Å². The second-order valence-corrected chi connectivity index (χ2v) is 8.79. The molecule has 0 atom stereocenters. The number of hydrogen-bond acceptors (Lipinski definition) is 1. The molecule has 0 aliphatic carbocycles. The maximum atomic E-state index is 6.40. The molecule has 165 valence electrons. The summed E-state index contributed by atoms with van der Waals surface area (Å²) in [5.41, 5.74) is 9.91. The first-order valence-corrected chi connectivity index (χ1v) is 11.9. The van der Waals surface area contributed by atoms with E-state index in [2.05, 4.69) is 126 Å². The second-order valence-electron chi connectivity index (χ2n) is 8.79. The van der Waals surface area contributed by atoms with Crippen LogP contribution >= 0.6 is 0 Å². The van der Waals surface area contributed by atoms with Gasteiger partial charge in [-0.3, -0.25) is 4.40 Å². The van der Waals surface area contributed by atoms with Crippen molar-refractivity contribution in [2.75, 3.05) is 0 Å². The number of aromatic nitrogens is 1. The van der Waals surface area contributed by atoms with Gasteiger partial charge in [0, 0.05) is 5.39 Å². The Morgan fingerprint density at radius 3 is 1.71 bits per heavy atom. The molecule has 0 N–H and O–H groups in total. The number of hydrogen-bond donors (Lipinski definition) is 0. The van der Waals surface area contributed by atoms with Crippen molar-refractivity contribution >= 4 is 27.7 Å². The van der Waals surface area contributed by atoms with Crippen LogP contribution in [0, 0.1) is 5.92 Å². The summed E-state index contributed by atoms with van der Waals surface area (Å²) < 4.78 is 8.63. The van der Waals surface area contributed by atoms with Gasteiger partial charge in [0.25, 0.3) is 0 Å². The molecule has 2 heteroatoms. The van der Waals surface area contributed by atoms with Gasteiger partial charge < -0.3 is 4.42 Å². The minimum atomic E-state index is 0.885. The van der Waals surface area contributed by atoms with E-state index in [4.69, 9.17) is 4.42 Å². The number of nitrogens with zero attached hydrogens (tertiary/aromatic N) is 1. The maximum absolute atomic E-state index is 6.40. The molecule has 5 aromatic carbocycles. The van der Waals surface area contributed by atoms with Crippen LogP contribution < -0.4 is 0 Å². The first-order chi connectivity index (χ1) is 17.4. The average molecular weight is 449 g/mol. The van der Waals surface area contributed by atoms with Gasteiger partial charge in [0.1, 0.15) is 0 Å². The van der Waals surface area contributed by atoms with E-state index >= 15 is 0 Å². The summed E-state index contributed by atoms with van der Waals surface area (Å²) in [6, 6.07) is 46.9. The van der Waals surface area contributed by atoms with Crippen LogP contribution in [-0.4, -0.2) is 4.40 Å². The fraction of sp³-hybridized carbons (Fsp3) is 0. The molecule has 0 fully saturated rings. The lowest BCUT2D eigenvalue weighted by Gasteiger charge is -2.18. The number of benzene rings is 5. The summed E-state index contributed by atoms with van der Waals surface area (Å²) in [5, 5.41) is 1.19. The largest absolute Gasteiger partial charge is 0.438 e. The van der Waals surface area contributed by atoms with E-state index in [-0.39, 0.29) is 0 Å². The van der Waals surface area contributed by atoms with Gasteiger partial charge in [-0.2, -0.15) is 0 Å². The zero-order valence-electron chi connectivity index (χ0n) is 19.1. The summed E-state index contributed by atoms with van der Waals surface area (Å²) in [6.45, 7) is 0. The molecule has 0 unspecified atom stereocenters. The molecule has 0 amide bonds. The van der Waals surface area contributed by atoms with Crippen LogP contribution in [0.2, 0.25) is 0 Å². The molecule has 0 bridgehead atoms. The summed E-state index contributed by atoms with van der Waals surface area (Å²) in [5.74, 6) is 1.23. The monoisotopic (exact) mass is 448 g/mol. The maximum Gasteiger partial charge on any atom is 0.213 e.